The van der Waals surface area contributed by atoms with E-state index in [1.54, 1.807) is 12.1 Å². The molecule has 4 N–H and O–H groups in total. The number of nitrogen functional groups attached to an aromatic ring is 2. The predicted molar refractivity (Wildman–Crippen MR) is 91.4 cm³/mol. The first-order chi connectivity index (χ1) is 11.0. The largest absolute Gasteiger partial charge is 0.468 e. The molecular weight excluding hydrogens is 382 g/mol. The molecule has 118 valence electrons. The molecule has 0 radical (unpaired) electrons. The maximum atomic E-state index is 11.4. The lowest BCUT2D eigenvalue weighted by Crippen LogP contribution is -2.06. The van der Waals surface area contributed by atoms with E-state index in [0.29, 0.717) is 11.3 Å². The van der Waals surface area contributed by atoms with Crippen molar-refractivity contribution in [1.29, 1.82) is 5.26 Å². The van der Waals surface area contributed by atoms with Crippen LogP contribution in [-0.4, -0.2) is 28.8 Å². The number of nitriles is 1. The predicted octanol–water partition coefficient (Wildman–Crippen LogP) is 2.21. The fourth-order valence-electron chi connectivity index (χ4n) is 1.81. The van der Waals surface area contributed by atoms with Crippen LogP contribution in [0.5, 0.6) is 0 Å². The Bertz CT molecular complexity index is 806. The zero-order chi connectivity index (χ0) is 17.0. The lowest BCUT2D eigenvalue weighted by Gasteiger charge is -2.11. The number of rotatable bonds is 4. The van der Waals surface area contributed by atoms with Crippen molar-refractivity contribution in [1.82, 2.24) is 9.97 Å². The highest BCUT2D eigenvalue weighted by Gasteiger charge is 2.17. The second-order valence-corrected chi connectivity index (χ2v) is 6.24. The van der Waals surface area contributed by atoms with E-state index in [9.17, 15) is 10.1 Å². The van der Waals surface area contributed by atoms with Crippen LogP contribution in [0.25, 0.3) is 11.3 Å². The van der Waals surface area contributed by atoms with Crippen LogP contribution in [-0.2, 0) is 9.53 Å². The number of nitrogens with zero attached hydrogens (tertiary/aromatic N) is 3. The summed E-state index contributed by atoms with van der Waals surface area (Å²) in [5, 5.41) is 9.31. The molecule has 23 heavy (non-hydrogen) atoms. The van der Waals surface area contributed by atoms with Gasteiger partial charge in [-0.1, -0.05) is 22.0 Å². The third kappa shape index (κ3) is 3.91. The Morgan fingerprint density at radius 3 is 2.83 bits per heavy atom. The Morgan fingerprint density at radius 2 is 2.17 bits per heavy atom. The molecule has 1 heterocycles. The summed E-state index contributed by atoms with van der Waals surface area (Å²) in [6.45, 7) is 0. The van der Waals surface area contributed by atoms with E-state index in [2.05, 4.69) is 30.6 Å². The third-order valence-corrected chi connectivity index (χ3v) is 4.36. The molecule has 0 aliphatic heterocycles. The van der Waals surface area contributed by atoms with Gasteiger partial charge in [-0.25, -0.2) is 4.98 Å². The Balaban J connectivity index is 2.56. The monoisotopic (exact) mass is 393 g/mol. The van der Waals surface area contributed by atoms with E-state index < -0.39 is 0 Å². The summed E-state index contributed by atoms with van der Waals surface area (Å²) in [5.74, 6) is -0.244. The van der Waals surface area contributed by atoms with Gasteiger partial charge in [0.1, 0.15) is 17.5 Å². The number of carbonyl (C=O) groups excluding carboxylic acids is 1. The molecule has 0 atom stereocenters. The average molecular weight is 394 g/mol. The standard InChI is InChI=1S/C14H12BrN5O2S/c1-22-11(21)6-23-10-4-7(15)2-3-8(10)12-9(5-16)13(17)20-14(18)19-12/h2-4H,6H2,1H3,(H4,17,18,19,20). The number of hydrogen-bond donors (Lipinski definition) is 2. The number of anilines is 2. The molecule has 0 saturated heterocycles. The first kappa shape index (κ1) is 17.1. The van der Waals surface area contributed by atoms with E-state index in [4.69, 9.17) is 11.5 Å². The van der Waals surface area contributed by atoms with Gasteiger partial charge in [-0.05, 0) is 12.1 Å². The van der Waals surface area contributed by atoms with Crippen LogP contribution >= 0.6 is 27.7 Å². The van der Waals surface area contributed by atoms with E-state index in [1.165, 1.54) is 18.9 Å². The second kappa shape index (κ2) is 7.30. The van der Waals surface area contributed by atoms with Crippen LogP contribution in [0.15, 0.2) is 27.6 Å². The highest BCUT2D eigenvalue weighted by Crippen LogP contribution is 2.35. The molecule has 0 aliphatic rings. The number of benzene rings is 1. The molecule has 0 spiro atoms. The summed E-state index contributed by atoms with van der Waals surface area (Å²) in [4.78, 5) is 20.0. The number of aromatic nitrogens is 2. The topological polar surface area (TPSA) is 128 Å². The number of thioether (sulfide) groups is 1. The second-order valence-electron chi connectivity index (χ2n) is 4.31. The van der Waals surface area contributed by atoms with E-state index >= 15 is 0 Å². The summed E-state index contributed by atoms with van der Waals surface area (Å²) in [5.41, 5.74) is 12.5. The minimum Gasteiger partial charge on any atom is -0.468 e. The molecule has 2 aromatic rings. The summed E-state index contributed by atoms with van der Waals surface area (Å²) in [7, 11) is 1.32. The Labute approximate surface area is 145 Å². The Hall–Kier alpha value is -2.31. The van der Waals surface area contributed by atoms with Gasteiger partial charge < -0.3 is 16.2 Å². The zero-order valence-electron chi connectivity index (χ0n) is 12.0. The summed E-state index contributed by atoms with van der Waals surface area (Å²) < 4.78 is 5.46. The van der Waals surface area contributed by atoms with Crippen molar-refractivity contribution in [2.45, 2.75) is 4.90 Å². The smallest absolute Gasteiger partial charge is 0.315 e. The van der Waals surface area contributed by atoms with Gasteiger partial charge in [0.05, 0.1) is 18.6 Å². The fraction of sp³-hybridized carbons (Fsp3) is 0.143. The molecule has 0 saturated carbocycles. The molecule has 0 aliphatic carbocycles. The highest BCUT2D eigenvalue weighted by molar-refractivity contribution is 9.10. The highest BCUT2D eigenvalue weighted by atomic mass is 79.9. The number of methoxy groups -OCH3 is 1. The molecule has 0 amide bonds. The maximum Gasteiger partial charge on any atom is 0.315 e. The van der Waals surface area contributed by atoms with Crippen LogP contribution in [0.2, 0.25) is 0 Å². The average Bonchev–Trinajstić information content (AvgIpc) is 2.52. The normalized spacial score (nSPS) is 10.1. The lowest BCUT2D eigenvalue weighted by atomic mass is 10.1. The minimum absolute atomic E-state index is 0.0156. The van der Waals surface area contributed by atoms with Gasteiger partial charge in [-0.2, -0.15) is 10.2 Å². The number of halogens is 1. The first-order valence-electron chi connectivity index (χ1n) is 6.29. The van der Waals surface area contributed by atoms with Crippen LogP contribution in [0, 0.1) is 11.3 Å². The van der Waals surface area contributed by atoms with Crippen molar-refractivity contribution >= 4 is 45.4 Å². The molecule has 1 aromatic carbocycles. The summed E-state index contributed by atoms with van der Waals surface area (Å²) in [6, 6.07) is 7.38. The van der Waals surface area contributed by atoms with Crippen molar-refractivity contribution in [3.05, 3.63) is 28.2 Å². The van der Waals surface area contributed by atoms with Gasteiger partial charge >= 0.3 is 5.97 Å². The van der Waals surface area contributed by atoms with Crippen molar-refractivity contribution < 1.29 is 9.53 Å². The van der Waals surface area contributed by atoms with Gasteiger partial charge in [0, 0.05) is 14.9 Å². The Kier molecular flexibility index (Phi) is 5.41. The van der Waals surface area contributed by atoms with Crippen molar-refractivity contribution in [2.24, 2.45) is 0 Å². The van der Waals surface area contributed by atoms with Crippen LogP contribution < -0.4 is 11.5 Å². The van der Waals surface area contributed by atoms with Crippen molar-refractivity contribution in [2.75, 3.05) is 24.3 Å². The molecule has 0 fully saturated rings. The molecular formula is C14H12BrN5O2S. The number of esters is 1. The third-order valence-electron chi connectivity index (χ3n) is 2.84. The quantitative estimate of drug-likeness (QED) is 0.597. The van der Waals surface area contributed by atoms with Crippen LogP contribution in [0.3, 0.4) is 0 Å². The van der Waals surface area contributed by atoms with Crippen LogP contribution in [0.4, 0.5) is 11.8 Å². The summed E-state index contributed by atoms with van der Waals surface area (Å²) >= 11 is 4.64. The van der Waals surface area contributed by atoms with Gasteiger partial charge in [-0.3, -0.25) is 4.79 Å². The van der Waals surface area contributed by atoms with Crippen molar-refractivity contribution in [3.8, 4) is 17.3 Å². The summed E-state index contributed by atoms with van der Waals surface area (Å²) in [6.07, 6.45) is 0. The van der Waals surface area contributed by atoms with E-state index in [1.807, 2.05) is 12.1 Å². The number of nitrogens with two attached hydrogens (primary N) is 2. The van der Waals surface area contributed by atoms with Gasteiger partial charge in [0.15, 0.2) is 0 Å². The number of ether oxygens (including phenoxy) is 1. The SMILES string of the molecule is COC(=O)CSc1cc(Br)ccc1-c1nc(N)nc(N)c1C#N. The van der Waals surface area contributed by atoms with Gasteiger partial charge in [0.2, 0.25) is 5.95 Å². The Morgan fingerprint density at radius 1 is 1.43 bits per heavy atom. The molecule has 9 heteroatoms. The van der Waals surface area contributed by atoms with E-state index in [0.717, 1.165) is 9.37 Å². The van der Waals surface area contributed by atoms with Crippen molar-refractivity contribution in [3.63, 3.8) is 0 Å². The number of hydrogen-bond acceptors (Lipinski definition) is 8. The zero-order valence-corrected chi connectivity index (χ0v) is 14.4. The molecule has 7 nitrogen and oxygen atoms in total. The molecule has 2 rings (SSSR count). The maximum absolute atomic E-state index is 11.4. The fourth-order valence-corrected chi connectivity index (χ4v) is 3.24. The van der Waals surface area contributed by atoms with E-state index in [-0.39, 0.29) is 29.1 Å². The number of carbonyl (C=O) groups is 1. The molecule has 0 bridgehead atoms. The minimum atomic E-state index is -0.358. The van der Waals surface area contributed by atoms with Gasteiger partial charge in [0.25, 0.3) is 0 Å². The molecule has 0 unspecified atom stereocenters. The van der Waals surface area contributed by atoms with Gasteiger partial charge in [-0.15, -0.1) is 11.8 Å². The van der Waals surface area contributed by atoms with Crippen LogP contribution in [0.1, 0.15) is 5.56 Å². The molecule has 1 aromatic heterocycles. The lowest BCUT2D eigenvalue weighted by molar-refractivity contribution is -0.137. The first-order valence-corrected chi connectivity index (χ1v) is 8.06.